The second-order valence-corrected chi connectivity index (χ2v) is 4.00. The first-order chi connectivity index (χ1) is 8.06. The van der Waals surface area contributed by atoms with Crippen molar-refractivity contribution in [2.24, 2.45) is 0 Å². The van der Waals surface area contributed by atoms with Crippen LogP contribution in [-0.2, 0) is 6.42 Å². The topological polar surface area (TPSA) is 55.2 Å². The lowest BCUT2D eigenvalue weighted by molar-refractivity contribution is -0.387. The molecule has 17 heavy (non-hydrogen) atoms. The van der Waals surface area contributed by atoms with Crippen molar-refractivity contribution in [2.45, 2.75) is 32.7 Å². The Morgan fingerprint density at radius 1 is 1.53 bits per heavy atom. The van der Waals surface area contributed by atoms with Gasteiger partial charge < -0.3 is 5.32 Å². The highest BCUT2D eigenvalue weighted by molar-refractivity contribution is 5.36. The molecule has 0 fully saturated rings. The molecule has 0 aliphatic carbocycles. The van der Waals surface area contributed by atoms with Crippen LogP contribution in [0.4, 0.5) is 10.1 Å². The summed E-state index contributed by atoms with van der Waals surface area (Å²) in [6.45, 7) is 4.88. The van der Waals surface area contributed by atoms with Crippen LogP contribution in [0.1, 0.15) is 25.8 Å². The molecular formula is C12H17FN2O2. The quantitative estimate of drug-likeness (QED) is 0.614. The van der Waals surface area contributed by atoms with Gasteiger partial charge in [0, 0.05) is 12.1 Å². The van der Waals surface area contributed by atoms with E-state index < -0.39 is 16.4 Å². The van der Waals surface area contributed by atoms with Crippen molar-refractivity contribution in [3.05, 3.63) is 39.7 Å². The molecule has 0 bridgehead atoms. The molecule has 5 heteroatoms. The van der Waals surface area contributed by atoms with E-state index in [9.17, 15) is 14.5 Å². The van der Waals surface area contributed by atoms with Crippen LogP contribution in [-0.4, -0.2) is 17.5 Å². The number of benzene rings is 1. The number of nitro groups is 1. The van der Waals surface area contributed by atoms with E-state index in [1.165, 1.54) is 12.1 Å². The molecule has 4 nitrogen and oxygen atoms in total. The van der Waals surface area contributed by atoms with Crippen LogP contribution in [0.3, 0.4) is 0 Å². The maximum absolute atomic E-state index is 13.7. The molecule has 0 radical (unpaired) electrons. The standard InChI is InChI=1S/C12H17FN2O2/c1-3-14-9(2)7-8-10-5-4-6-11(12(10)13)15(16)17/h4-6,9,14H,3,7-8H2,1-2H3. The van der Waals surface area contributed by atoms with E-state index in [1.54, 1.807) is 6.07 Å². The molecule has 1 rings (SSSR count). The van der Waals surface area contributed by atoms with Gasteiger partial charge in [0.15, 0.2) is 0 Å². The SMILES string of the molecule is CCNC(C)CCc1cccc([N+](=O)[O-])c1F. The Morgan fingerprint density at radius 3 is 2.82 bits per heavy atom. The van der Waals surface area contributed by atoms with Crippen molar-refractivity contribution in [3.8, 4) is 0 Å². The van der Waals surface area contributed by atoms with Crippen molar-refractivity contribution in [1.29, 1.82) is 0 Å². The van der Waals surface area contributed by atoms with Crippen LogP contribution in [0.5, 0.6) is 0 Å². The van der Waals surface area contributed by atoms with E-state index >= 15 is 0 Å². The second-order valence-electron chi connectivity index (χ2n) is 4.00. The summed E-state index contributed by atoms with van der Waals surface area (Å²) in [6, 6.07) is 4.58. The summed E-state index contributed by atoms with van der Waals surface area (Å²) in [5, 5.41) is 13.8. The minimum absolute atomic E-state index is 0.277. The summed E-state index contributed by atoms with van der Waals surface area (Å²) >= 11 is 0. The van der Waals surface area contributed by atoms with Gasteiger partial charge in [0.2, 0.25) is 5.82 Å². The van der Waals surface area contributed by atoms with E-state index in [-0.39, 0.29) is 6.04 Å². The molecule has 0 saturated carbocycles. The van der Waals surface area contributed by atoms with Gasteiger partial charge in [-0.2, -0.15) is 4.39 Å². The van der Waals surface area contributed by atoms with Gasteiger partial charge in [-0.15, -0.1) is 0 Å². The molecule has 1 unspecified atom stereocenters. The predicted molar refractivity (Wildman–Crippen MR) is 64.5 cm³/mol. The highest BCUT2D eigenvalue weighted by atomic mass is 19.1. The average Bonchev–Trinajstić information content (AvgIpc) is 2.27. The summed E-state index contributed by atoms with van der Waals surface area (Å²) in [5.74, 6) is -0.707. The zero-order chi connectivity index (χ0) is 12.8. The first-order valence-corrected chi connectivity index (χ1v) is 5.71. The third kappa shape index (κ3) is 3.78. The highest BCUT2D eigenvalue weighted by Gasteiger charge is 2.17. The molecule has 0 heterocycles. The molecule has 94 valence electrons. The van der Waals surface area contributed by atoms with Crippen LogP contribution < -0.4 is 5.32 Å². The summed E-state index contributed by atoms with van der Waals surface area (Å²) in [5.41, 5.74) is -0.0393. The number of nitrogens with one attached hydrogen (secondary N) is 1. The number of rotatable bonds is 6. The van der Waals surface area contributed by atoms with Crippen LogP contribution in [0, 0.1) is 15.9 Å². The normalized spacial score (nSPS) is 12.4. The van der Waals surface area contributed by atoms with E-state index in [0.29, 0.717) is 12.0 Å². The third-order valence-electron chi connectivity index (χ3n) is 2.65. The molecule has 0 saturated heterocycles. The van der Waals surface area contributed by atoms with Crippen molar-refractivity contribution >= 4 is 5.69 Å². The molecular weight excluding hydrogens is 223 g/mol. The zero-order valence-corrected chi connectivity index (χ0v) is 10.1. The van der Waals surface area contributed by atoms with Gasteiger partial charge in [0.1, 0.15) is 0 Å². The minimum atomic E-state index is -0.707. The number of halogens is 1. The van der Waals surface area contributed by atoms with Gasteiger partial charge >= 0.3 is 5.69 Å². The largest absolute Gasteiger partial charge is 0.315 e. The lowest BCUT2D eigenvalue weighted by Crippen LogP contribution is -2.26. The Bertz CT molecular complexity index is 396. The summed E-state index contributed by atoms with van der Waals surface area (Å²) in [6.07, 6.45) is 1.26. The number of hydrogen-bond acceptors (Lipinski definition) is 3. The molecule has 0 spiro atoms. The average molecular weight is 240 g/mol. The van der Waals surface area contributed by atoms with Crippen LogP contribution in [0.15, 0.2) is 18.2 Å². The fourth-order valence-electron chi connectivity index (χ4n) is 1.72. The van der Waals surface area contributed by atoms with Gasteiger partial charge in [-0.05, 0) is 31.9 Å². The van der Waals surface area contributed by atoms with Gasteiger partial charge in [-0.25, -0.2) is 0 Å². The van der Waals surface area contributed by atoms with E-state index in [0.717, 1.165) is 13.0 Å². The molecule has 1 atom stereocenters. The maximum Gasteiger partial charge on any atom is 0.305 e. The number of nitro benzene ring substituents is 1. The van der Waals surface area contributed by atoms with Crippen molar-refractivity contribution < 1.29 is 9.31 Å². The first-order valence-electron chi connectivity index (χ1n) is 5.71. The molecule has 1 N–H and O–H groups in total. The number of hydrogen-bond donors (Lipinski definition) is 1. The van der Waals surface area contributed by atoms with E-state index in [4.69, 9.17) is 0 Å². The Hall–Kier alpha value is -1.49. The lowest BCUT2D eigenvalue weighted by Gasteiger charge is -2.12. The Labute approximate surface area is 100.0 Å². The number of aryl methyl sites for hydroxylation is 1. The first kappa shape index (κ1) is 13.6. The third-order valence-corrected chi connectivity index (χ3v) is 2.65. The van der Waals surface area contributed by atoms with Gasteiger partial charge in [-0.1, -0.05) is 19.1 Å². The van der Waals surface area contributed by atoms with Crippen molar-refractivity contribution in [2.75, 3.05) is 6.54 Å². The Balaban J connectivity index is 2.72. The van der Waals surface area contributed by atoms with Crippen molar-refractivity contribution in [3.63, 3.8) is 0 Å². The Kier molecular flexibility index (Phi) is 5.03. The summed E-state index contributed by atoms with van der Waals surface area (Å²) < 4.78 is 13.7. The molecule has 1 aromatic rings. The summed E-state index contributed by atoms with van der Waals surface area (Å²) in [4.78, 5) is 9.88. The van der Waals surface area contributed by atoms with Crippen LogP contribution in [0.2, 0.25) is 0 Å². The molecule has 0 aliphatic heterocycles. The van der Waals surface area contributed by atoms with E-state index in [2.05, 4.69) is 5.32 Å². The van der Waals surface area contributed by atoms with E-state index in [1.807, 2.05) is 13.8 Å². The molecule has 0 amide bonds. The predicted octanol–water partition coefficient (Wildman–Crippen LogP) is 2.66. The highest BCUT2D eigenvalue weighted by Crippen LogP contribution is 2.21. The monoisotopic (exact) mass is 240 g/mol. The fourth-order valence-corrected chi connectivity index (χ4v) is 1.72. The number of nitrogens with zero attached hydrogens (tertiary/aromatic N) is 1. The maximum atomic E-state index is 13.7. The van der Waals surface area contributed by atoms with Crippen LogP contribution >= 0.6 is 0 Å². The smallest absolute Gasteiger partial charge is 0.305 e. The molecule has 0 aromatic heterocycles. The Morgan fingerprint density at radius 2 is 2.24 bits per heavy atom. The summed E-state index contributed by atoms with van der Waals surface area (Å²) in [7, 11) is 0. The second kappa shape index (κ2) is 6.30. The molecule has 1 aromatic carbocycles. The van der Waals surface area contributed by atoms with Gasteiger partial charge in [0.25, 0.3) is 0 Å². The zero-order valence-electron chi connectivity index (χ0n) is 10.1. The van der Waals surface area contributed by atoms with Gasteiger partial charge in [0.05, 0.1) is 4.92 Å². The van der Waals surface area contributed by atoms with Crippen LogP contribution in [0.25, 0.3) is 0 Å². The minimum Gasteiger partial charge on any atom is -0.315 e. The fraction of sp³-hybridized carbons (Fsp3) is 0.500. The lowest BCUT2D eigenvalue weighted by atomic mass is 10.0. The molecule has 0 aliphatic rings. The van der Waals surface area contributed by atoms with Crippen molar-refractivity contribution in [1.82, 2.24) is 5.32 Å². The van der Waals surface area contributed by atoms with Gasteiger partial charge in [-0.3, -0.25) is 10.1 Å².